The number of aliphatic hydroxyl groups excluding tert-OH is 2. The number of aliphatic hydroxyl groups is 2. The summed E-state index contributed by atoms with van der Waals surface area (Å²) < 4.78 is 5.44. The van der Waals surface area contributed by atoms with E-state index in [1.54, 1.807) is 18.2 Å². The van der Waals surface area contributed by atoms with E-state index in [9.17, 15) is 5.11 Å². The van der Waals surface area contributed by atoms with Gasteiger partial charge in [0.05, 0.1) is 10.0 Å². The van der Waals surface area contributed by atoms with Crippen LogP contribution in [0.25, 0.3) is 0 Å². The first kappa shape index (κ1) is 17.5. The van der Waals surface area contributed by atoms with Gasteiger partial charge in [-0.2, -0.15) is 0 Å². The van der Waals surface area contributed by atoms with Gasteiger partial charge in [-0.3, -0.25) is 0 Å². The van der Waals surface area contributed by atoms with Gasteiger partial charge in [-0.05, 0) is 37.9 Å². The lowest BCUT2D eigenvalue weighted by Gasteiger charge is -2.14. The van der Waals surface area contributed by atoms with Crippen LogP contribution in [0.1, 0.15) is 19.3 Å². The second kappa shape index (κ2) is 10.2. The Morgan fingerprint density at radius 2 is 1.85 bits per heavy atom. The van der Waals surface area contributed by atoms with Gasteiger partial charge in [-0.15, -0.1) is 0 Å². The second-order valence-electron chi connectivity index (χ2n) is 4.50. The van der Waals surface area contributed by atoms with Gasteiger partial charge >= 0.3 is 0 Å². The van der Waals surface area contributed by atoms with E-state index in [0.717, 1.165) is 25.8 Å². The van der Waals surface area contributed by atoms with E-state index < -0.39 is 6.10 Å². The van der Waals surface area contributed by atoms with Gasteiger partial charge in [0.15, 0.2) is 5.75 Å². The highest BCUT2D eigenvalue weighted by Crippen LogP contribution is 2.32. The average Bonchev–Trinajstić information content (AvgIpc) is 2.42. The van der Waals surface area contributed by atoms with E-state index in [1.807, 2.05) is 0 Å². The van der Waals surface area contributed by atoms with E-state index in [1.165, 1.54) is 0 Å². The Morgan fingerprint density at radius 1 is 1.15 bits per heavy atom. The van der Waals surface area contributed by atoms with Crippen LogP contribution in [-0.4, -0.2) is 42.6 Å². The number of hydrogen-bond acceptors (Lipinski definition) is 4. The van der Waals surface area contributed by atoms with E-state index in [0.29, 0.717) is 22.3 Å². The van der Waals surface area contributed by atoms with Crippen LogP contribution < -0.4 is 10.1 Å². The molecule has 1 atom stereocenters. The molecule has 0 aromatic heterocycles. The summed E-state index contributed by atoms with van der Waals surface area (Å²) in [5.74, 6) is 0.401. The van der Waals surface area contributed by atoms with Crippen molar-refractivity contribution in [3.05, 3.63) is 28.2 Å². The fourth-order valence-corrected chi connectivity index (χ4v) is 2.17. The van der Waals surface area contributed by atoms with E-state index >= 15 is 0 Å². The normalized spacial score (nSPS) is 12.4. The molecule has 0 aliphatic heterocycles. The van der Waals surface area contributed by atoms with Crippen LogP contribution in [0.2, 0.25) is 10.0 Å². The van der Waals surface area contributed by atoms with Crippen molar-refractivity contribution in [3.8, 4) is 5.75 Å². The van der Waals surface area contributed by atoms with Crippen molar-refractivity contribution in [3.63, 3.8) is 0 Å². The smallest absolute Gasteiger partial charge is 0.156 e. The molecule has 0 aliphatic carbocycles. The van der Waals surface area contributed by atoms with Gasteiger partial charge in [-0.1, -0.05) is 29.3 Å². The number of halogens is 2. The third-order valence-electron chi connectivity index (χ3n) is 2.73. The SMILES string of the molecule is OCCCCCNCC(O)COc1c(Cl)cccc1Cl. The van der Waals surface area contributed by atoms with Crippen molar-refractivity contribution in [1.29, 1.82) is 0 Å². The van der Waals surface area contributed by atoms with Crippen LogP contribution in [0.15, 0.2) is 18.2 Å². The zero-order chi connectivity index (χ0) is 14.8. The Bertz CT molecular complexity index is 370. The minimum atomic E-state index is -0.625. The quantitative estimate of drug-likeness (QED) is 0.579. The van der Waals surface area contributed by atoms with Crippen LogP contribution in [0.4, 0.5) is 0 Å². The molecule has 3 N–H and O–H groups in total. The first-order chi connectivity index (χ1) is 9.65. The Balaban J connectivity index is 2.18. The molecule has 0 heterocycles. The number of rotatable bonds is 10. The minimum Gasteiger partial charge on any atom is -0.488 e. The lowest BCUT2D eigenvalue weighted by atomic mass is 10.2. The van der Waals surface area contributed by atoms with E-state index in [-0.39, 0.29) is 13.2 Å². The highest BCUT2D eigenvalue weighted by molar-refractivity contribution is 6.37. The summed E-state index contributed by atoms with van der Waals surface area (Å²) in [5, 5.41) is 22.4. The van der Waals surface area contributed by atoms with Crippen molar-refractivity contribution in [2.24, 2.45) is 0 Å². The van der Waals surface area contributed by atoms with Gasteiger partial charge in [-0.25, -0.2) is 0 Å². The van der Waals surface area contributed by atoms with E-state index in [2.05, 4.69) is 5.32 Å². The maximum atomic E-state index is 9.78. The molecule has 114 valence electrons. The summed E-state index contributed by atoms with van der Waals surface area (Å²) in [5.41, 5.74) is 0. The molecular weight excluding hydrogens is 301 g/mol. The van der Waals surface area contributed by atoms with Gasteiger partial charge in [0.1, 0.15) is 12.7 Å². The summed E-state index contributed by atoms with van der Waals surface area (Å²) in [4.78, 5) is 0. The molecule has 0 radical (unpaired) electrons. The number of ether oxygens (including phenoxy) is 1. The van der Waals surface area contributed by atoms with Crippen LogP contribution in [-0.2, 0) is 0 Å². The molecule has 20 heavy (non-hydrogen) atoms. The molecule has 1 aromatic rings. The summed E-state index contributed by atoms with van der Waals surface area (Å²) in [7, 11) is 0. The summed E-state index contributed by atoms with van der Waals surface area (Å²) in [6.07, 6.45) is 2.15. The van der Waals surface area contributed by atoms with E-state index in [4.69, 9.17) is 33.0 Å². The number of nitrogens with one attached hydrogen (secondary N) is 1. The molecule has 0 bridgehead atoms. The lowest BCUT2D eigenvalue weighted by molar-refractivity contribution is 0.106. The number of benzene rings is 1. The summed E-state index contributed by atoms with van der Waals surface area (Å²) in [6, 6.07) is 5.12. The molecular formula is C14H21Cl2NO3. The predicted octanol–water partition coefficient (Wildman–Crippen LogP) is 2.49. The Hall–Kier alpha value is -0.520. The largest absolute Gasteiger partial charge is 0.488 e. The Labute approximate surface area is 129 Å². The maximum Gasteiger partial charge on any atom is 0.156 e. The maximum absolute atomic E-state index is 9.78. The van der Waals surface area contributed by atoms with Crippen molar-refractivity contribution in [2.45, 2.75) is 25.4 Å². The second-order valence-corrected chi connectivity index (χ2v) is 5.32. The fourth-order valence-electron chi connectivity index (χ4n) is 1.67. The number of para-hydroxylation sites is 1. The molecule has 1 rings (SSSR count). The minimum absolute atomic E-state index is 0.132. The molecule has 0 saturated carbocycles. The zero-order valence-corrected chi connectivity index (χ0v) is 12.8. The highest BCUT2D eigenvalue weighted by Gasteiger charge is 2.10. The van der Waals surface area contributed by atoms with Crippen molar-refractivity contribution < 1.29 is 14.9 Å². The fraction of sp³-hybridized carbons (Fsp3) is 0.571. The van der Waals surface area contributed by atoms with Gasteiger partial charge in [0.25, 0.3) is 0 Å². The van der Waals surface area contributed by atoms with Crippen LogP contribution >= 0.6 is 23.2 Å². The first-order valence-electron chi connectivity index (χ1n) is 6.71. The Kier molecular flexibility index (Phi) is 8.98. The Morgan fingerprint density at radius 3 is 2.50 bits per heavy atom. The molecule has 6 heteroatoms. The highest BCUT2D eigenvalue weighted by atomic mass is 35.5. The molecule has 0 fully saturated rings. The first-order valence-corrected chi connectivity index (χ1v) is 7.47. The standard InChI is InChI=1S/C14H21Cl2NO3/c15-12-5-4-6-13(16)14(12)20-10-11(19)9-17-7-2-1-3-8-18/h4-6,11,17-19H,1-3,7-10H2. The van der Waals surface area contributed by atoms with Crippen molar-refractivity contribution in [1.82, 2.24) is 5.32 Å². The molecule has 0 saturated heterocycles. The predicted molar refractivity (Wildman–Crippen MR) is 81.8 cm³/mol. The molecule has 4 nitrogen and oxygen atoms in total. The third kappa shape index (κ3) is 6.77. The summed E-state index contributed by atoms with van der Waals surface area (Å²) in [6.45, 7) is 1.62. The molecule has 1 aromatic carbocycles. The lowest BCUT2D eigenvalue weighted by Crippen LogP contribution is -2.32. The monoisotopic (exact) mass is 321 g/mol. The van der Waals surface area contributed by atoms with Gasteiger partial charge in [0, 0.05) is 13.2 Å². The van der Waals surface area contributed by atoms with Crippen LogP contribution in [0.5, 0.6) is 5.75 Å². The van der Waals surface area contributed by atoms with Crippen LogP contribution in [0.3, 0.4) is 0 Å². The summed E-state index contributed by atoms with van der Waals surface area (Å²) >= 11 is 11.9. The number of hydrogen-bond donors (Lipinski definition) is 3. The average molecular weight is 322 g/mol. The molecule has 0 spiro atoms. The molecule has 0 amide bonds. The molecule has 0 aliphatic rings. The molecule has 1 unspecified atom stereocenters. The third-order valence-corrected chi connectivity index (χ3v) is 3.33. The van der Waals surface area contributed by atoms with Gasteiger partial charge in [0.2, 0.25) is 0 Å². The van der Waals surface area contributed by atoms with Crippen molar-refractivity contribution in [2.75, 3.05) is 26.3 Å². The van der Waals surface area contributed by atoms with Crippen molar-refractivity contribution >= 4 is 23.2 Å². The van der Waals surface area contributed by atoms with Crippen LogP contribution in [0, 0.1) is 0 Å². The topological polar surface area (TPSA) is 61.7 Å². The number of unbranched alkanes of at least 4 members (excludes halogenated alkanes) is 2. The van der Waals surface area contributed by atoms with Gasteiger partial charge < -0.3 is 20.3 Å². The zero-order valence-electron chi connectivity index (χ0n) is 11.3.